The van der Waals surface area contributed by atoms with Crippen molar-refractivity contribution in [3.63, 3.8) is 0 Å². The van der Waals surface area contributed by atoms with E-state index in [4.69, 9.17) is 15.2 Å². The summed E-state index contributed by atoms with van der Waals surface area (Å²) < 4.78 is 27.8. The fourth-order valence-electron chi connectivity index (χ4n) is 4.62. The Bertz CT molecular complexity index is 1370. The van der Waals surface area contributed by atoms with E-state index in [9.17, 15) is 4.79 Å². The van der Waals surface area contributed by atoms with E-state index in [1.807, 2.05) is 12.1 Å². The van der Waals surface area contributed by atoms with Gasteiger partial charge in [0.1, 0.15) is 11.3 Å². The van der Waals surface area contributed by atoms with Gasteiger partial charge in [0.15, 0.2) is 11.6 Å². The van der Waals surface area contributed by atoms with E-state index in [2.05, 4.69) is 36.4 Å². The summed E-state index contributed by atoms with van der Waals surface area (Å²) in [6.45, 7) is 11.7. The molecule has 0 spiro atoms. The number of ether oxygens (including phenoxy) is 2. The standard InChI is InChI=1S/C32H41FN2O3S/c1-8-10-20(2)17-23-19-39-28-14-13-22(18-26(23)28)25-11-9-12-27(33)30(25)37-16-15-24(21(3)35-7)29(34)31(36)38-32(4,5)6/h9,11-14,18-20H,8,10,15-17,34H2,1-7H3. The molecular formula is C32H41FN2O3S. The number of nitrogens with zero attached hydrogens (tertiary/aromatic N) is 1. The zero-order valence-electron chi connectivity index (χ0n) is 24.2. The molecule has 0 aliphatic rings. The minimum absolute atomic E-state index is 0.0156. The Morgan fingerprint density at radius 1 is 1.21 bits per heavy atom. The Balaban J connectivity index is 1.88. The Hall–Kier alpha value is -3.19. The van der Waals surface area contributed by atoms with Crippen LogP contribution in [0.1, 0.15) is 66.4 Å². The highest BCUT2D eigenvalue weighted by molar-refractivity contribution is 7.17. The van der Waals surface area contributed by atoms with Crippen molar-refractivity contribution in [3.05, 3.63) is 64.4 Å². The molecule has 0 saturated heterocycles. The summed E-state index contributed by atoms with van der Waals surface area (Å²) in [5, 5.41) is 3.45. The molecule has 1 heterocycles. The van der Waals surface area contributed by atoms with E-state index in [-0.39, 0.29) is 24.5 Å². The quantitative estimate of drug-likeness (QED) is 0.148. The van der Waals surface area contributed by atoms with E-state index in [1.54, 1.807) is 52.1 Å². The number of para-hydroxylation sites is 1. The van der Waals surface area contributed by atoms with Crippen molar-refractivity contribution < 1.29 is 18.7 Å². The van der Waals surface area contributed by atoms with Crippen molar-refractivity contribution in [1.82, 2.24) is 0 Å². The number of carbonyl (C=O) groups is 1. The number of esters is 1. The molecule has 1 atom stereocenters. The summed E-state index contributed by atoms with van der Waals surface area (Å²) in [4.78, 5) is 16.8. The van der Waals surface area contributed by atoms with Gasteiger partial charge in [-0.05, 0) is 80.1 Å². The first-order valence-corrected chi connectivity index (χ1v) is 14.4. The Labute approximate surface area is 235 Å². The fourth-order valence-corrected chi connectivity index (χ4v) is 5.57. The number of benzene rings is 2. The van der Waals surface area contributed by atoms with Gasteiger partial charge in [-0.15, -0.1) is 11.3 Å². The second-order valence-electron chi connectivity index (χ2n) is 11.0. The highest BCUT2D eigenvalue weighted by Crippen LogP contribution is 2.37. The predicted molar refractivity (Wildman–Crippen MR) is 161 cm³/mol. The number of rotatable bonds is 11. The number of halogens is 1. The van der Waals surface area contributed by atoms with Gasteiger partial charge in [-0.2, -0.15) is 0 Å². The number of aliphatic imine (C=N–C) groups is 1. The lowest BCUT2D eigenvalue weighted by molar-refractivity contribution is -0.150. The predicted octanol–water partition coefficient (Wildman–Crippen LogP) is 8.10. The van der Waals surface area contributed by atoms with Crippen LogP contribution in [0, 0.1) is 11.7 Å². The molecule has 3 rings (SSSR count). The average Bonchev–Trinajstić information content (AvgIpc) is 3.27. The first-order chi connectivity index (χ1) is 18.4. The number of carbonyl (C=O) groups excluding carboxylic acids is 1. The van der Waals surface area contributed by atoms with Crippen LogP contribution in [0.25, 0.3) is 21.2 Å². The maximum Gasteiger partial charge on any atom is 0.355 e. The van der Waals surface area contributed by atoms with Gasteiger partial charge in [-0.25, -0.2) is 9.18 Å². The third-order valence-electron chi connectivity index (χ3n) is 6.60. The molecule has 0 aliphatic carbocycles. The van der Waals surface area contributed by atoms with Gasteiger partial charge in [0.2, 0.25) is 0 Å². The zero-order chi connectivity index (χ0) is 28.7. The highest BCUT2D eigenvalue weighted by Gasteiger charge is 2.22. The van der Waals surface area contributed by atoms with Crippen LogP contribution in [-0.2, 0) is 16.0 Å². The average molecular weight is 553 g/mol. The second-order valence-corrected chi connectivity index (χ2v) is 11.9. The first-order valence-electron chi connectivity index (χ1n) is 13.5. The van der Waals surface area contributed by atoms with Crippen molar-refractivity contribution in [1.29, 1.82) is 0 Å². The monoisotopic (exact) mass is 552 g/mol. The number of thiophene rings is 1. The van der Waals surface area contributed by atoms with E-state index in [1.165, 1.54) is 34.6 Å². The van der Waals surface area contributed by atoms with E-state index in [0.717, 1.165) is 12.0 Å². The summed E-state index contributed by atoms with van der Waals surface area (Å²) >= 11 is 1.74. The Morgan fingerprint density at radius 2 is 1.95 bits per heavy atom. The number of fused-ring (bicyclic) bond motifs is 1. The van der Waals surface area contributed by atoms with Gasteiger partial charge in [0.05, 0.1) is 6.61 Å². The highest BCUT2D eigenvalue weighted by atomic mass is 32.1. The molecule has 0 radical (unpaired) electrons. The van der Waals surface area contributed by atoms with Gasteiger partial charge in [0.25, 0.3) is 0 Å². The third-order valence-corrected chi connectivity index (χ3v) is 7.61. The third kappa shape index (κ3) is 7.91. The van der Waals surface area contributed by atoms with Crippen molar-refractivity contribution in [3.8, 4) is 16.9 Å². The molecule has 210 valence electrons. The molecule has 39 heavy (non-hydrogen) atoms. The van der Waals surface area contributed by atoms with Crippen LogP contribution in [0.15, 0.2) is 58.0 Å². The lowest BCUT2D eigenvalue weighted by Gasteiger charge is -2.21. The topological polar surface area (TPSA) is 73.9 Å². The molecule has 0 fully saturated rings. The van der Waals surface area contributed by atoms with Crippen molar-refractivity contribution >= 4 is 33.1 Å². The molecule has 3 aromatic rings. The molecule has 2 aromatic carbocycles. The van der Waals surface area contributed by atoms with Crippen LogP contribution in [0.3, 0.4) is 0 Å². The molecule has 0 amide bonds. The van der Waals surface area contributed by atoms with Crippen LogP contribution in [0.2, 0.25) is 0 Å². The fraction of sp³-hybridized carbons (Fsp3) is 0.438. The van der Waals surface area contributed by atoms with Crippen molar-refractivity contribution in [2.24, 2.45) is 16.6 Å². The molecule has 2 N–H and O–H groups in total. The molecule has 7 heteroatoms. The maximum absolute atomic E-state index is 15.1. The van der Waals surface area contributed by atoms with Crippen LogP contribution in [-0.4, -0.2) is 30.9 Å². The van der Waals surface area contributed by atoms with Gasteiger partial charge in [-0.1, -0.05) is 44.9 Å². The summed E-state index contributed by atoms with van der Waals surface area (Å²) in [5.41, 5.74) is 9.52. The minimum atomic E-state index is -0.680. The SMILES string of the molecule is CCCC(C)Cc1csc2ccc(-c3cccc(F)c3OCCC(C(C)=NC)=C(N)C(=O)OC(C)(C)C)cc12. The number of nitrogens with two attached hydrogens (primary N) is 1. The molecule has 1 aromatic heterocycles. The van der Waals surface area contributed by atoms with Gasteiger partial charge < -0.3 is 15.2 Å². The molecule has 1 unspecified atom stereocenters. The minimum Gasteiger partial charge on any atom is -0.490 e. The summed E-state index contributed by atoms with van der Waals surface area (Å²) in [6, 6.07) is 11.2. The van der Waals surface area contributed by atoms with Crippen LogP contribution < -0.4 is 10.5 Å². The van der Waals surface area contributed by atoms with Crippen molar-refractivity contribution in [2.75, 3.05) is 13.7 Å². The van der Waals surface area contributed by atoms with E-state index >= 15 is 4.39 Å². The van der Waals surface area contributed by atoms with Crippen molar-refractivity contribution in [2.45, 2.75) is 72.8 Å². The maximum atomic E-state index is 15.1. The first kappa shape index (κ1) is 30.4. The molecular weight excluding hydrogens is 511 g/mol. The summed E-state index contributed by atoms with van der Waals surface area (Å²) in [7, 11) is 1.63. The van der Waals surface area contributed by atoms with Crippen LogP contribution in [0.5, 0.6) is 5.75 Å². The zero-order valence-corrected chi connectivity index (χ0v) is 25.0. The summed E-state index contributed by atoms with van der Waals surface area (Å²) in [6.07, 6.45) is 3.65. The lowest BCUT2D eigenvalue weighted by atomic mass is 9.95. The molecule has 0 saturated carbocycles. The van der Waals surface area contributed by atoms with Gasteiger partial charge >= 0.3 is 5.97 Å². The van der Waals surface area contributed by atoms with Gasteiger partial charge in [-0.3, -0.25) is 4.99 Å². The lowest BCUT2D eigenvalue weighted by Crippen LogP contribution is -2.29. The van der Waals surface area contributed by atoms with E-state index < -0.39 is 17.4 Å². The van der Waals surface area contributed by atoms with Gasteiger partial charge in [0, 0.05) is 35.0 Å². The van der Waals surface area contributed by atoms with Crippen LogP contribution >= 0.6 is 11.3 Å². The normalized spacial score (nSPS) is 13.8. The summed E-state index contributed by atoms with van der Waals surface area (Å²) in [5.74, 6) is -0.272. The molecule has 0 aliphatic heterocycles. The van der Waals surface area contributed by atoms with E-state index in [0.29, 0.717) is 22.8 Å². The second kappa shape index (κ2) is 13.2. The Morgan fingerprint density at radius 3 is 2.62 bits per heavy atom. The largest absolute Gasteiger partial charge is 0.490 e. The number of hydrogen-bond donors (Lipinski definition) is 1. The Kier molecular flexibility index (Phi) is 10.3. The molecule has 5 nitrogen and oxygen atoms in total. The number of hydrogen-bond acceptors (Lipinski definition) is 6. The molecule has 0 bridgehead atoms. The smallest absolute Gasteiger partial charge is 0.355 e. The van der Waals surface area contributed by atoms with Crippen LogP contribution in [0.4, 0.5) is 4.39 Å².